The molecule has 0 amide bonds. The van der Waals surface area contributed by atoms with Crippen molar-refractivity contribution in [3.05, 3.63) is 49.5 Å². The van der Waals surface area contributed by atoms with E-state index in [9.17, 15) is 9.59 Å². The summed E-state index contributed by atoms with van der Waals surface area (Å²) in [4.78, 5) is 29.5. The summed E-state index contributed by atoms with van der Waals surface area (Å²) in [6.07, 6.45) is 0. The van der Waals surface area contributed by atoms with E-state index < -0.39 is 5.97 Å². The number of aromatic nitrogens is 3. The standard InChI is InChI=1S/C18H19N3O4S2/c1-5-20-15-14(27-18(20)26)16(22)21(10(2)19-15)9-12-8-11(17(23)25-4)6-7-13(12)24-3/h6-8H,5,9H2,1-4H3. The minimum Gasteiger partial charge on any atom is -0.496 e. The van der Waals surface area contributed by atoms with Gasteiger partial charge in [0.25, 0.3) is 5.56 Å². The molecule has 0 saturated carbocycles. The third kappa shape index (κ3) is 3.40. The van der Waals surface area contributed by atoms with E-state index in [4.69, 9.17) is 21.7 Å². The van der Waals surface area contributed by atoms with E-state index in [1.807, 2.05) is 11.5 Å². The molecule has 7 nitrogen and oxygen atoms in total. The number of carbonyl (C=O) groups excluding carboxylic acids is 1. The van der Waals surface area contributed by atoms with E-state index in [1.165, 1.54) is 18.4 Å². The highest BCUT2D eigenvalue weighted by Gasteiger charge is 2.17. The summed E-state index contributed by atoms with van der Waals surface area (Å²) < 4.78 is 14.7. The van der Waals surface area contributed by atoms with Crippen LogP contribution in [0.5, 0.6) is 5.75 Å². The van der Waals surface area contributed by atoms with Crippen molar-refractivity contribution >= 4 is 39.9 Å². The van der Waals surface area contributed by atoms with E-state index in [0.717, 1.165) is 0 Å². The summed E-state index contributed by atoms with van der Waals surface area (Å²) in [5, 5.41) is 0. The largest absolute Gasteiger partial charge is 0.496 e. The summed E-state index contributed by atoms with van der Waals surface area (Å²) in [6.45, 7) is 4.62. The number of esters is 1. The second kappa shape index (κ2) is 7.61. The highest BCUT2D eigenvalue weighted by Crippen LogP contribution is 2.23. The Kier molecular flexibility index (Phi) is 5.43. The molecule has 2 heterocycles. The zero-order chi connectivity index (χ0) is 19.7. The number of thiazole rings is 1. The van der Waals surface area contributed by atoms with Crippen molar-refractivity contribution in [3.8, 4) is 5.75 Å². The van der Waals surface area contributed by atoms with Crippen LogP contribution in [0.1, 0.15) is 28.7 Å². The predicted octanol–water partition coefficient (Wildman–Crippen LogP) is 3.16. The van der Waals surface area contributed by atoms with E-state index in [-0.39, 0.29) is 12.1 Å². The van der Waals surface area contributed by atoms with Gasteiger partial charge in [-0.1, -0.05) is 11.3 Å². The molecule has 0 N–H and O–H groups in total. The lowest BCUT2D eigenvalue weighted by Crippen LogP contribution is -2.24. The van der Waals surface area contributed by atoms with Gasteiger partial charge < -0.3 is 14.0 Å². The number of hydrogen-bond acceptors (Lipinski definition) is 7. The molecule has 0 saturated heterocycles. The van der Waals surface area contributed by atoms with Gasteiger partial charge in [0, 0.05) is 12.1 Å². The average molecular weight is 406 g/mol. The van der Waals surface area contributed by atoms with Crippen LogP contribution in [0.4, 0.5) is 0 Å². The Morgan fingerprint density at radius 3 is 2.67 bits per heavy atom. The molecule has 0 aliphatic heterocycles. The van der Waals surface area contributed by atoms with Gasteiger partial charge in [0.2, 0.25) is 0 Å². The highest BCUT2D eigenvalue weighted by atomic mass is 32.1. The van der Waals surface area contributed by atoms with Crippen molar-refractivity contribution in [2.75, 3.05) is 14.2 Å². The number of ether oxygens (including phenoxy) is 2. The molecule has 3 rings (SSSR count). The number of hydrogen-bond donors (Lipinski definition) is 0. The van der Waals surface area contributed by atoms with Crippen molar-refractivity contribution in [3.63, 3.8) is 0 Å². The lowest BCUT2D eigenvalue weighted by atomic mass is 10.1. The number of aryl methyl sites for hydroxylation is 2. The normalized spacial score (nSPS) is 11.0. The zero-order valence-corrected chi connectivity index (χ0v) is 17.1. The third-order valence-corrected chi connectivity index (χ3v) is 5.74. The summed E-state index contributed by atoms with van der Waals surface area (Å²) in [7, 11) is 2.87. The van der Waals surface area contributed by atoms with Gasteiger partial charge in [-0.3, -0.25) is 9.36 Å². The third-order valence-electron chi connectivity index (χ3n) is 4.31. The molecule has 2 aromatic heterocycles. The van der Waals surface area contributed by atoms with E-state index in [0.29, 0.717) is 43.5 Å². The molecule has 1 aromatic carbocycles. The molecule has 0 spiro atoms. The second-order valence-corrected chi connectivity index (χ2v) is 7.48. The van der Waals surface area contributed by atoms with Crippen LogP contribution in [0.25, 0.3) is 10.3 Å². The molecule has 0 bridgehead atoms. The van der Waals surface area contributed by atoms with E-state index in [2.05, 4.69) is 4.98 Å². The Balaban J connectivity index is 2.16. The van der Waals surface area contributed by atoms with Crippen LogP contribution in [-0.4, -0.2) is 34.3 Å². The Morgan fingerprint density at radius 1 is 1.30 bits per heavy atom. The first-order valence-corrected chi connectivity index (χ1v) is 9.49. The van der Waals surface area contributed by atoms with Gasteiger partial charge in [0.05, 0.1) is 26.3 Å². The first-order valence-electron chi connectivity index (χ1n) is 8.27. The maximum Gasteiger partial charge on any atom is 0.337 e. The van der Waals surface area contributed by atoms with Gasteiger partial charge in [-0.2, -0.15) is 0 Å². The first kappa shape index (κ1) is 19.2. The fourth-order valence-electron chi connectivity index (χ4n) is 2.91. The summed E-state index contributed by atoms with van der Waals surface area (Å²) in [6, 6.07) is 4.98. The lowest BCUT2D eigenvalue weighted by molar-refractivity contribution is 0.0600. The molecule has 0 aliphatic carbocycles. The van der Waals surface area contributed by atoms with Crippen molar-refractivity contribution < 1.29 is 14.3 Å². The number of rotatable bonds is 5. The average Bonchev–Trinajstić information content (AvgIpc) is 2.99. The molecule has 3 aromatic rings. The van der Waals surface area contributed by atoms with Crippen molar-refractivity contribution in [2.45, 2.75) is 26.9 Å². The quantitative estimate of drug-likeness (QED) is 0.479. The molecular formula is C18H19N3O4S2. The van der Waals surface area contributed by atoms with Crippen LogP contribution in [0.2, 0.25) is 0 Å². The molecule has 0 unspecified atom stereocenters. The highest BCUT2D eigenvalue weighted by molar-refractivity contribution is 7.73. The Labute approximate surface area is 164 Å². The maximum atomic E-state index is 13.1. The van der Waals surface area contributed by atoms with Crippen LogP contribution >= 0.6 is 23.6 Å². The number of methoxy groups -OCH3 is 2. The topological polar surface area (TPSA) is 75.4 Å². The molecule has 9 heteroatoms. The molecule has 0 radical (unpaired) electrons. The second-order valence-electron chi connectivity index (χ2n) is 5.83. The van der Waals surface area contributed by atoms with Gasteiger partial charge in [-0.15, -0.1) is 0 Å². The van der Waals surface area contributed by atoms with Crippen molar-refractivity contribution in [1.82, 2.24) is 14.1 Å². The van der Waals surface area contributed by atoms with Gasteiger partial charge in [0.1, 0.15) is 16.3 Å². The minimum absolute atomic E-state index is 0.161. The Morgan fingerprint density at radius 2 is 2.04 bits per heavy atom. The van der Waals surface area contributed by atoms with Gasteiger partial charge in [-0.25, -0.2) is 9.78 Å². The van der Waals surface area contributed by atoms with E-state index in [1.54, 1.807) is 36.8 Å². The molecular weight excluding hydrogens is 386 g/mol. The van der Waals surface area contributed by atoms with Crippen molar-refractivity contribution in [2.24, 2.45) is 0 Å². The van der Waals surface area contributed by atoms with Crippen molar-refractivity contribution in [1.29, 1.82) is 0 Å². The first-order chi connectivity index (χ1) is 12.9. The monoisotopic (exact) mass is 405 g/mol. The SMILES string of the molecule is CCn1c(=S)sc2c(=O)n(Cc3cc(C(=O)OC)ccc3OC)c(C)nc21. The fourth-order valence-corrected chi connectivity index (χ4v) is 4.32. The number of nitrogens with zero attached hydrogens (tertiary/aromatic N) is 3. The Bertz CT molecular complexity index is 1140. The summed E-state index contributed by atoms with van der Waals surface area (Å²) in [5.41, 5.74) is 1.53. The number of fused-ring (bicyclic) bond motifs is 1. The zero-order valence-electron chi connectivity index (χ0n) is 15.4. The molecule has 27 heavy (non-hydrogen) atoms. The van der Waals surface area contributed by atoms with Crippen LogP contribution < -0.4 is 10.3 Å². The summed E-state index contributed by atoms with van der Waals surface area (Å²) in [5.74, 6) is 0.690. The van der Waals surface area contributed by atoms with Gasteiger partial charge >= 0.3 is 5.97 Å². The van der Waals surface area contributed by atoms with E-state index >= 15 is 0 Å². The maximum absolute atomic E-state index is 13.1. The summed E-state index contributed by atoms with van der Waals surface area (Å²) >= 11 is 6.61. The number of benzene rings is 1. The lowest BCUT2D eigenvalue weighted by Gasteiger charge is -2.14. The molecule has 0 fully saturated rings. The number of carbonyl (C=O) groups is 1. The van der Waals surface area contributed by atoms with Gasteiger partial charge in [-0.05, 0) is 44.3 Å². The van der Waals surface area contributed by atoms with Crippen LogP contribution in [-0.2, 0) is 17.8 Å². The molecule has 0 atom stereocenters. The van der Waals surface area contributed by atoms with Gasteiger partial charge in [0.15, 0.2) is 9.60 Å². The Hall–Kier alpha value is -2.52. The van der Waals surface area contributed by atoms with Crippen LogP contribution in [0.15, 0.2) is 23.0 Å². The fraction of sp³-hybridized carbons (Fsp3) is 0.333. The smallest absolute Gasteiger partial charge is 0.337 e. The predicted molar refractivity (Wildman–Crippen MR) is 107 cm³/mol. The van der Waals surface area contributed by atoms with Crippen LogP contribution in [0, 0.1) is 10.9 Å². The van der Waals surface area contributed by atoms with Crippen LogP contribution in [0.3, 0.4) is 0 Å². The molecule has 0 aliphatic rings. The minimum atomic E-state index is -0.449. The molecule has 142 valence electrons.